The summed E-state index contributed by atoms with van der Waals surface area (Å²) in [6.45, 7) is 0.584. The summed E-state index contributed by atoms with van der Waals surface area (Å²) in [5.41, 5.74) is -0.834. The van der Waals surface area contributed by atoms with E-state index in [1.54, 1.807) is 6.92 Å². The largest absolute Gasteiger partial charge is 0.744 e. The minimum atomic E-state index is -5.29. The lowest BCUT2D eigenvalue weighted by Gasteiger charge is -2.22. The Hall–Kier alpha value is -4.72. The van der Waals surface area contributed by atoms with Crippen molar-refractivity contribution in [3.63, 3.8) is 0 Å². The third kappa shape index (κ3) is 7.64. The zero-order valence-corrected chi connectivity index (χ0v) is 27.6. The number of phenolic OH excluding ortho intramolecular Hbond substituents is 3. The van der Waals surface area contributed by atoms with Crippen LogP contribution in [-0.2, 0) is 60.8 Å². The molecule has 260 valence electrons. The number of aliphatic carboxylic acids is 1. The molecule has 0 unspecified atom stereocenters. The minimum absolute atomic E-state index is 0.100. The van der Waals surface area contributed by atoms with E-state index < -0.39 is 106 Å². The summed E-state index contributed by atoms with van der Waals surface area (Å²) < 4.78 is 115. The van der Waals surface area contributed by atoms with Crippen molar-refractivity contribution in [3.8, 4) is 23.0 Å². The molecule has 0 aliphatic heterocycles. The highest BCUT2D eigenvalue weighted by molar-refractivity contribution is 7.86. The van der Waals surface area contributed by atoms with Gasteiger partial charge in [0.2, 0.25) is 0 Å². The van der Waals surface area contributed by atoms with Gasteiger partial charge < -0.3 is 38.8 Å². The molecule has 5 rings (SSSR count). The van der Waals surface area contributed by atoms with Gasteiger partial charge in [-0.1, -0.05) is 17.7 Å². The van der Waals surface area contributed by atoms with E-state index in [0.29, 0.717) is 5.56 Å². The van der Waals surface area contributed by atoms with Gasteiger partial charge in [0.25, 0.3) is 0 Å². The normalized spacial score (nSPS) is 13.6. The molecule has 0 atom stereocenters. The molecule has 15 nitrogen and oxygen atoms in total. The highest BCUT2D eigenvalue weighted by atomic mass is 32.2. The summed E-state index contributed by atoms with van der Waals surface area (Å²) >= 11 is 0. The second-order valence-electron chi connectivity index (χ2n) is 11.4. The molecule has 4 aromatic rings. The number of benzene rings is 4. The van der Waals surface area contributed by atoms with Crippen molar-refractivity contribution >= 4 is 36.3 Å². The molecule has 4 N–H and O–H groups in total. The summed E-state index contributed by atoms with van der Waals surface area (Å²) in [5, 5.41) is 43.3. The average Bonchev–Trinajstić information content (AvgIpc) is 2.96. The fourth-order valence-electron chi connectivity index (χ4n) is 5.76. The van der Waals surface area contributed by atoms with Crippen molar-refractivity contribution in [2.24, 2.45) is 0 Å². The second kappa shape index (κ2) is 12.6. The van der Waals surface area contributed by atoms with Crippen LogP contribution in [0.1, 0.15) is 50.1 Å². The molecule has 8 bridgehead atoms. The van der Waals surface area contributed by atoms with Crippen LogP contribution in [0.3, 0.4) is 0 Å². The lowest BCUT2D eigenvalue weighted by Crippen LogP contribution is -2.14. The smallest absolute Gasteiger partial charge is 0.341 e. The van der Waals surface area contributed by atoms with E-state index in [1.807, 2.05) is 0 Å². The maximum atomic E-state index is 12.3. The molecule has 1 aliphatic carbocycles. The Morgan fingerprint density at radius 3 is 1.12 bits per heavy atom. The fraction of sp³-hybridized carbons (Fsp3) is 0.194. The number of aryl methyl sites for hydroxylation is 1. The van der Waals surface area contributed by atoms with Crippen LogP contribution in [0.25, 0.3) is 0 Å². The van der Waals surface area contributed by atoms with Gasteiger partial charge >= 0.3 is 5.97 Å². The molecule has 0 aromatic heterocycles. The number of carboxylic acids is 1. The average molecular weight is 734 g/mol. The Balaban J connectivity index is 1.93. The van der Waals surface area contributed by atoms with E-state index >= 15 is 0 Å². The number of fused-ring (bicyclic) bond motifs is 8. The molecule has 0 fully saturated rings. The van der Waals surface area contributed by atoms with Gasteiger partial charge in [-0.15, -0.1) is 0 Å². The number of carbonyl (C=O) groups is 1. The third-order valence-corrected chi connectivity index (χ3v) is 10.3. The predicted octanol–water partition coefficient (Wildman–Crippen LogP) is 1.96. The Labute approximate surface area is 279 Å². The van der Waals surface area contributed by atoms with Gasteiger partial charge in [0, 0.05) is 36.8 Å². The molecule has 0 saturated carbocycles. The Morgan fingerprint density at radius 2 is 0.837 bits per heavy atom. The van der Waals surface area contributed by atoms with Crippen LogP contribution in [0.15, 0.2) is 63.2 Å². The summed E-state index contributed by atoms with van der Waals surface area (Å²) in [7, 11) is -15.7. The molecule has 0 amide bonds. The molecule has 18 heteroatoms. The zero-order valence-electron chi connectivity index (χ0n) is 25.2. The van der Waals surface area contributed by atoms with Gasteiger partial charge in [0.15, 0.2) is 6.61 Å². The molecule has 4 aromatic carbocycles. The molecule has 0 heterocycles. The van der Waals surface area contributed by atoms with E-state index in [9.17, 15) is 64.1 Å². The van der Waals surface area contributed by atoms with E-state index in [4.69, 9.17) is 4.74 Å². The SMILES string of the molecule is Cc1cc2c(O)c(c1)Cc1cc(S(=O)(=O)[O-])cc(c1O)Cc1cc(S(=O)(=O)[O-])cc(c1OCC(=O)O)Cc1cc(S(=O)(=O)[O-])cc(c1O)C2. The quantitative estimate of drug-likeness (QED) is 0.182. The fourth-order valence-corrected chi connectivity index (χ4v) is 7.48. The van der Waals surface area contributed by atoms with Crippen molar-refractivity contribution < 1.29 is 68.9 Å². The molecule has 0 radical (unpaired) electrons. The molecule has 1 aliphatic rings. The molecular weight excluding hydrogens is 709 g/mol. The van der Waals surface area contributed by atoms with Gasteiger partial charge in [-0.3, -0.25) is 0 Å². The summed E-state index contributed by atoms with van der Waals surface area (Å²) in [6, 6.07) is 7.87. The van der Waals surface area contributed by atoms with Crippen molar-refractivity contribution in [2.75, 3.05) is 6.61 Å². The highest BCUT2D eigenvalue weighted by Gasteiger charge is 2.24. The molecule has 0 saturated heterocycles. The van der Waals surface area contributed by atoms with Gasteiger partial charge in [-0.2, -0.15) is 0 Å². The van der Waals surface area contributed by atoms with Crippen molar-refractivity contribution in [1.29, 1.82) is 0 Å². The monoisotopic (exact) mass is 733 g/mol. The van der Waals surface area contributed by atoms with Crippen LogP contribution in [0, 0.1) is 6.92 Å². The van der Waals surface area contributed by atoms with E-state index in [2.05, 4.69) is 0 Å². The number of carboxylic acid groups (broad SMARTS) is 1. The summed E-state index contributed by atoms with van der Waals surface area (Å²) in [5.74, 6) is -3.49. The topological polar surface area (TPSA) is 279 Å². The number of aromatic hydroxyl groups is 3. The Morgan fingerprint density at radius 1 is 0.571 bits per heavy atom. The Kier molecular flexibility index (Phi) is 9.17. The number of ether oxygens (including phenoxy) is 1. The van der Waals surface area contributed by atoms with Crippen molar-refractivity contribution in [2.45, 2.75) is 47.3 Å². The number of rotatable bonds is 6. The summed E-state index contributed by atoms with van der Waals surface area (Å²) in [6.07, 6.45) is -2.11. The summed E-state index contributed by atoms with van der Waals surface area (Å²) in [4.78, 5) is 8.99. The van der Waals surface area contributed by atoms with Crippen molar-refractivity contribution in [1.82, 2.24) is 0 Å². The number of hydrogen-bond donors (Lipinski definition) is 4. The van der Waals surface area contributed by atoms with Crippen LogP contribution in [0.2, 0.25) is 0 Å². The second-order valence-corrected chi connectivity index (χ2v) is 15.6. The van der Waals surface area contributed by atoms with Crippen LogP contribution >= 0.6 is 0 Å². The maximum absolute atomic E-state index is 12.3. The standard InChI is InChI=1S/C31H28O15S3/c1-15-2-16-4-18-8-24(47(37,38)39)10-20(29(18)35)6-22-12-26(49(43,44)45)13-23(31(22)46-14-27(32)33)7-21-11-25(48(40,41)42)9-19(30(21)36)5-17(3-15)28(16)34/h2-3,8-13,34-36H,4-7,14H2,1H3,(H,32,33)(H,37,38,39)(H,40,41,42)(H,43,44,45)/p-3. The first-order valence-corrected chi connectivity index (χ1v) is 18.2. The molecular formula is C31H25O15S3-3. The first-order valence-electron chi connectivity index (χ1n) is 14.0. The van der Waals surface area contributed by atoms with Crippen LogP contribution < -0.4 is 4.74 Å². The first-order chi connectivity index (χ1) is 22.6. The lowest BCUT2D eigenvalue weighted by atomic mass is 9.90. The van der Waals surface area contributed by atoms with Crippen LogP contribution in [0.5, 0.6) is 23.0 Å². The van der Waals surface area contributed by atoms with Gasteiger partial charge in [-0.25, -0.2) is 30.0 Å². The third-order valence-electron chi connectivity index (χ3n) is 7.84. The molecule has 0 spiro atoms. The van der Waals surface area contributed by atoms with E-state index in [-0.39, 0.29) is 44.5 Å². The first kappa shape index (κ1) is 35.6. The number of hydrogen-bond acceptors (Lipinski definition) is 14. The minimum Gasteiger partial charge on any atom is -0.744 e. The maximum Gasteiger partial charge on any atom is 0.341 e. The highest BCUT2D eigenvalue weighted by Crippen LogP contribution is 2.40. The van der Waals surface area contributed by atoms with Gasteiger partial charge in [0.1, 0.15) is 53.4 Å². The number of phenols is 3. The predicted molar refractivity (Wildman–Crippen MR) is 164 cm³/mol. The van der Waals surface area contributed by atoms with E-state index in [1.165, 1.54) is 12.1 Å². The Bertz CT molecular complexity index is 2250. The van der Waals surface area contributed by atoms with Crippen molar-refractivity contribution in [3.05, 3.63) is 98.6 Å². The van der Waals surface area contributed by atoms with Crippen LogP contribution in [0.4, 0.5) is 0 Å². The zero-order chi connectivity index (χ0) is 36.2. The van der Waals surface area contributed by atoms with E-state index in [0.717, 1.165) is 36.4 Å². The van der Waals surface area contributed by atoms with Gasteiger partial charge in [-0.05, 0) is 76.7 Å². The lowest BCUT2D eigenvalue weighted by molar-refractivity contribution is -0.139. The molecule has 49 heavy (non-hydrogen) atoms. The van der Waals surface area contributed by atoms with Gasteiger partial charge in [0.05, 0.1) is 14.7 Å². The van der Waals surface area contributed by atoms with Crippen LogP contribution in [-0.4, -0.2) is 71.9 Å².